The van der Waals surface area contributed by atoms with Crippen molar-refractivity contribution in [3.8, 4) is 17.2 Å². The zero-order chi connectivity index (χ0) is 20.5. The average Bonchev–Trinajstić information content (AvgIpc) is 2.63. The number of hydrogen-bond donors (Lipinski definition) is 0. The molecule has 28 heavy (non-hydrogen) atoms. The largest absolute Gasteiger partial charge is 0.460 e. The van der Waals surface area contributed by atoms with E-state index in [9.17, 15) is 9.59 Å². The molecule has 0 spiro atoms. The number of carbonyl (C=O) groups is 1. The van der Waals surface area contributed by atoms with Crippen molar-refractivity contribution in [2.45, 2.75) is 40.5 Å². The van der Waals surface area contributed by atoms with Gasteiger partial charge in [-0.1, -0.05) is 32.0 Å². The average molecular weight is 380 g/mol. The molecule has 3 aromatic rings. The van der Waals surface area contributed by atoms with Crippen molar-refractivity contribution >= 4 is 16.9 Å². The molecular formula is C23H24O5. The summed E-state index contributed by atoms with van der Waals surface area (Å²) in [4.78, 5) is 24.9. The number of benzene rings is 2. The van der Waals surface area contributed by atoms with Crippen LogP contribution in [0.2, 0.25) is 0 Å². The highest BCUT2D eigenvalue weighted by Gasteiger charge is 2.24. The van der Waals surface area contributed by atoms with Crippen molar-refractivity contribution in [3.05, 3.63) is 64.5 Å². The molecule has 3 rings (SSSR count). The summed E-state index contributed by atoms with van der Waals surface area (Å²) in [5.41, 5.74) is 0.422. The molecule has 0 saturated heterocycles. The molecule has 0 N–H and O–H groups in total. The first-order chi connectivity index (χ1) is 13.2. The Morgan fingerprint density at radius 2 is 1.75 bits per heavy atom. The first-order valence-corrected chi connectivity index (χ1v) is 9.21. The predicted molar refractivity (Wildman–Crippen MR) is 108 cm³/mol. The number of hydrogen-bond acceptors (Lipinski definition) is 5. The van der Waals surface area contributed by atoms with Crippen LogP contribution in [0.25, 0.3) is 11.0 Å². The molecule has 0 bridgehead atoms. The van der Waals surface area contributed by atoms with E-state index < -0.39 is 5.41 Å². The predicted octanol–water partition coefficient (Wildman–Crippen LogP) is 5.66. The Balaban J connectivity index is 1.94. The summed E-state index contributed by atoms with van der Waals surface area (Å²) in [6, 6.07) is 12.3. The van der Waals surface area contributed by atoms with E-state index in [1.54, 1.807) is 32.9 Å². The van der Waals surface area contributed by atoms with Crippen molar-refractivity contribution in [1.29, 1.82) is 0 Å². The lowest BCUT2D eigenvalue weighted by Crippen LogP contribution is -2.25. The molecule has 0 radical (unpaired) electrons. The van der Waals surface area contributed by atoms with Crippen LogP contribution in [0, 0.1) is 5.41 Å². The molecule has 0 saturated carbocycles. The minimum absolute atomic E-state index is 0.111. The van der Waals surface area contributed by atoms with Crippen LogP contribution in [0.4, 0.5) is 0 Å². The number of esters is 1. The molecule has 0 aliphatic rings. The van der Waals surface area contributed by atoms with Crippen molar-refractivity contribution < 1.29 is 18.7 Å². The van der Waals surface area contributed by atoms with E-state index in [4.69, 9.17) is 13.9 Å². The Bertz CT molecular complexity index is 1070. The van der Waals surface area contributed by atoms with Gasteiger partial charge in [0.25, 0.3) is 0 Å². The zero-order valence-electron chi connectivity index (χ0n) is 16.7. The van der Waals surface area contributed by atoms with Crippen LogP contribution in [0.5, 0.6) is 17.2 Å². The molecule has 0 atom stereocenters. The maximum Gasteiger partial charge on any atom is 0.316 e. The summed E-state index contributed by atoms with van der Waals surface area (Å²) >= 11 is 0. The summed E-state index contributed by atoms with van der Waals surface area (Å²) in [6.07, 6.45) is 1.29. The Morgan fingerprint density at radius 1 is 1.04 bits per heavy atom. The fraction of sp³-hybridized carbons (Fsp3) is 0.304. The van der Waals surface area contributed by atoms with Gasteiger partial charge in [-0.25, -0.2) is 0 Å². The summed E-state index contributed by atoms with van der Waals surface area (Å²) in [7, 11) is 0. The van der Waals surface area contributed by atoms with E-state index in [-0.39, 0.29) is 23.1 Å². The normalized spacial score (nSPS) is 11.6. The molecule has 5 nitrogen and oxygen atoms in total. The van der Waals surface area contributed by atoms with E-state index in [2.05, 4.69) is 13.8 Å². The minimum Gasteiger partial charge on any atom is -0.460 e. The molecule has 5 heteroatoms. The van der Waals surface area contributed by atoms with Gasteiger partial charge in [0.05, 0.1) is 10.8 Å². The van der Waals surface area contributed by atoms with Gasteiger partial charge in [0.1, 0.15) is 23.3 Å². The second-order valence-corrected chi connectivity index (χ2v) is 8.02. The number of rotatable bonds is 4. The van der Waals surface area contributed by atoms with Crippen molar-refractivity contribution in [2.24, 2.45) is 5.41 Å². The maximum absolute atomic E-state index is 12.8. The summed E-state index contributed by atoms with van der Waals surface area (Å²) in [6.45, 7) is 9.44. The van der Waals surface area contributed by atoms with Crippen LogP contribution in [-0.4, -0.2) is 5.97 Å². The third-order valence-electron chi connectivity index (χ3n) is 4.30. The first-order valence-electron chi connectivity index (χ1n) is 9.21. The number of ether oxygens (including phenoxy) is 2. The second kappa shape index (κ2) is 7.50. The smallest absolute Gasteiger partial charge is 0.316 e. The van der Waals surface area contributed by atoms with Crippen LogP contribution in [0.15, 0.2) is 57.9 Å². The standard InChI is InChI=1S/C23H24O5/c1-14(2)16-8-6-7-9-18(16)28-20-13-26-19-12-15(10-11-17(19)21(20)24)27-22(25)23(3,4)5/h6-14H,1-5H3. The molecule has 2 aromatic carbocycles. The van der Waals surface area contributed by atoms with Crippen molar-refractivity contribution in [1.82, 2.24) is 0 Å². The quantitative estimate of drug-likeness (QED) is 0.431. The number of fused-ring (bicyclic) bond motifs is 1. The van der Waals surface area contributed by atoms with E-state index in [1.165, 1.54) is 12.3 Å². The highest BCUT2D eigenvalue weighted by Crippen LogP contribution is 2.30. The van der Waals surface area contributed by atoms with Gasteiger partial charge >= 0.3 is 5.97 Å². The van der Waals surface area contributed by atoms with Crippen LogP contribution >= 0.6 is 0 Å². The lowest BCUT2D eigenvalue weighted by atomic mass is 9.97. The number of para-hydroxylation sites is 1. The minimum atomic E-state index is -0.628. The summed E-state index contributed by atoms with van der Waals surface area (Å²) < 4.78 is 16.8. The fourth-order valence-corrected chi connectivity index (χ4v) is 2.65. The third kappa shape index (κ3) is 4.09. The SMILES string of the molecule is CC(C)c1ccccc1Oc1coc2cc(OC(=O)C(C)(C)C)ccc2c1=O. The van der Waals surface area contributed by atoms with Crippen LogP contribution in [0.3, 0.4) is 0 Å². The van der Waals surface area contributed by atoms with E-state index in [1.807, 2.05) is 24.3 Å². The second-order valence-electron chi connectivity index (χ2n) is 8.02. The molecule has 0 aliphatic heterocycles. The molecule has 0 fully saturated rings. The lowest BCUT2D eigenvalue weighted by molar-refractivity contribution is -0.142. The Labute approximate surface area is 163 Å². The molecule has 0 aliphatic carbocycles. The highest BCUT2D eigenvalue weighted by atomic mass is 16.5. The van der Waals surface area contributed by atoms with E-state index in [0.717, 1.165) is 5.56 Å². The topological polar surface area (TPSA) is 65.7 Å². The lowest BCUT2D eigenvalue weighted by Gasteiger charge is -2.16. The first kappa shape index (κ1) is 19.7. The van der Waals surface area contributed by atoms with Crippen molar-refractivity contribution in [2.75, 3.05) is 0 Å². The van der Waals surface area contributed by atoms with Gasteiger partial charge in [-0.15, -0.1) is 0 Å². The summed E-state index contributed by atoms with van der Waals surface area (Å²) in [5, 5.41) is 0.357. The van der Waals surface area contributed by atoms with Gasteiger partial charge in [-0.05, 0) is 50.5 Å². The molecule has 0 unspecified atom stereocenters. The van der Waals surface area contributed by atoms with E-state index in [0.29, 0.717) is 22.5 Å². The monoisotopic (exact) mass is 380 g/mol. The highest BCUT2D eigenvalue weighted by molar-refractivity contribution is 5.82. The van der Waals surface area contributed by atoms with Crippen LogP contribution < -0.4 is 14.9 Å². The fourth-order valence-electron chi connectivity index (χ4n) is 2.65. The maximum atomic E-state index is 12.8. The third-order valence-corrected chi connectivity index (χ3v) is 4.30. The van der Waals surface area contributed by atoms with Gasteiger partial charge in [0.2, 0.25) is 11.2 Å². The van der Waals surface area contributed by atoms with Gasteiger partial charge in [-0.3, -0.25) is 9.59 Å². The van der Waals surface area contributed by atoms with Gasteiger partial charge in [-0.2, -0.15) is 0 Å². The molecular weight excluding hydrogens is 356 g/mol. The van der Waals surface area contributed by atoms with Crippen molar-refractivity contribution in [3.63, 3.8) is 0 Å². The summed E-state index contributed by atoms with van der Waals surface area (Å²) in [5.74, 6) is 0.956. The molecule has 146 valence electrons. The molecule has 0 amide bonds. The Hall–Kier alpha value is -3.08. The molecule has 1 heterocycles. The number of carbonyl (C=O) groups excluding carboxylic acids is 1. The zero-order valence-corrected chi connectivity index (χ0v) is 16.7. The van der Waals surface area contributed by atoms with Crippen LogP contribution in [-0.2, 0) is 4.79 Å². The Kier molecular flexibility index (Phi) is 5.27. The van der Waals surface area contributed by atoms with Gasteiger partial charge in [0.15, 0.2) is 0 Å². The van der Waals surface area contributed by atoms with Crippen LogP contribution in [0.1, 0.15) is 46.1 Å². The molecule has 1 aromatic heterocycles. The van der Waals surface area contributed by atoms with Gasteiger partial charge in [0, 0.05) is 6.07 Å². The van der Waals surface area contributed by atoms with Gasteiger partial charge < -0.3 is 13.9 Å². The van der Waals surface area contributed by atoms with E-state index >= 15 is 0 Å². The Morgan fingerprint density at radius 3 is 2.43 bits per heavy atom.